The number of hydrogen-bond acceptors (Lipinski definition) is 2. The van der Waals surface area contributed by atoms with E-state index in [0.29, 0.717) is 12.4 Å². The first kappa shape index (κ1) is 7.84. The van der Waals surface area contributed by atoms with Crippen LogP contribution in [0.3, 0.4) is 0 Å². The summed E-state index contributed by atoms with van der Waals surface area (Å²) in [6.45, 7) is 2.65. The fourth-order valence-corrected chi connectivity index (χ4v) is 2.25. The lowest BCUT2D eigenvalue weighted by Gasteiger charge is -2.35. The van der Waals surface area contributed by atoms with Gasteiger partial charge in [0.2, 0.25) is 0 Å². The number of ether oxygens (including phenoxy) is 1. The third kappa shape index (κ3) is 0.838. The Hall–Kier alpha value is -0.790. The second-order valence-electron chi connectivity index (χ2n) is 3.60. The van der Waals surface area contributed by atoms with Crippen molar-refractivity contribution in [1.29, 1.82) is 0 Å². The zero-order chi connectivity index (χ0) is 8.60. The van der Waals surface area contributed by atoms with E-state index in [1.807, 2.05) is 6.92 Å². The molecule has 2 heteroatoms. The molecule has 0 N–H and O–H groups in total. The molecule has 2 rings (SSSR count). The molecular formula is C10H14O2. The third-order valence-corrected chi connectivity index (χ3v) is 2.96. The van der Waals surface area contributed by atoms with E-state index in [9.17, 15) is 4.79 Å². The van der Waals surface area contributed by atoms with Crippen LogP contribution in [0.15, 0.2) is 11.8 Å². The van der Waals surface area contributed by atoms with Crippen molar-refractivity contribution in [2.45, 2.75) is 32.6 Å². The van der Waals surface area contributed by atoms with Gasteiger partial charge in [-0.2, -0.15) is 0 Å². The molecule has 2 aliphatic rings. The average molecular weight is 166 g/mol. The summed E-state index contributed by atoms with van der Waals surface area (Å²) in [7, 11) is 0. The summed E-state index contributed by atoms with van der Waals surface area (Å²) >= 11 is 0. The number of hydrogen-bond donors (Lipinski definition) is 0. The van der Waals surface area contributed by atoms with E-state index in [-0.39, 0.29) is 5.41 Å². The molecule has 0 aromatic rings. The van der Waals surface area contributed by atoms with Crippen LogP contribution >= 0.6 is 0 Å². The van der Waals surface area contributed by atoms with Crippen molar-refractivity contribution in [3.8, 4) is 0 Å². The minimum absolute atomic E-state index is 0.157. The van der Waals surface area contributed by atoms with Crippen molar-refractivity contribution in [2.75, 3.05) is 6.61 Å². The van der Waals surface area contributed by atoms with Gasteiger partial charge in [-0.1, -0.05) is 12.8 Å². The largest absolute Gasteiger partial charge is 0.497 e. The SMILES string of the molecule is CCOC1=CC(=O)C12CCCC2. The van der Waals surface area contributed by atoms with Crippen molar-refractivity contribution in [3.63, 3.8) is 0 Å². The molecule has 1 fully saturated rings. The van der Waals surface area contributed by atoms with Gasteiger partial charge in [0.1, 0.15) is 5.76 Å². The lowest BCUT2D eigenvalue weighted by molar-refractivity contribution is -0.127. The molecule has 1 spiro atoms. The Morgan fingerprint density at radius 3 is 2.67 bits per heavy atom. The maximum absolute atomic E-state index is 11.4. The van der Waals surface area contributed by atoms with Gasteiger partial charge in [0, 0.05) is 6.08 Å². The molecule has 0 aromatic heterocycles. The highest BCUT2D eigenvalue weighted by molar-refractivity contribution is 6.04. The smallest absolute Gasteiger partial charge is 0.172 e. The van der Waals surface area contributed by atoms with Crippen molar-refractivity contribution in [1.82, 2.24) is 0 Å². The van der Waals surface area contributed by atoms with E-state index in [1.165, 1.54) is 12.8 Å². The van der Waals surface area contributed by atoms with Crippen molar-refractivity contribution in [3.05, 3.63) is 11.8 Å². The summed E-state index contributed by atoms with van der Waals surface area (Å²) in [5, 5.41) is 0. The Kier molecular flexibility index (Phi) is 1.71. The lowest BCUT2D eigenvalue weighted by Crippen LogP contribution is -2.38. The summed E-state index contributed by atoms with van der Waals surface area (Å²) in [5.74, 6) is 1.25. The number of carbonyl (C=O) groups excluding carboxylic acids is 1. The zero-order valence-electron chi connectivity index (χ0n) is 7.43. The summed E-state index contributed by atoms with van der Waals surface area (Å²) in [6.07, 6.45) is 6.04. The van der Waals surface area contributed by atoms with Crippen LogP contribution in [0.4, 0.5) is 0 Å². The maximum atomic E-state index is 11.4. The van der Waals surface area contributed by atoms with Gasteiger partial charge in [-0.3, -0.25) is 4.79 Å². The Morgan fingerprint density at radius 2 is 2.17 bits per heavy atom. The highest BCUT2D eigenvalue weighted by Crippen LogP contribution is 2.51. The Bertz CT molecular complexity index is 234. The first-order chi connectivity index (χ1) is 5.79. The minimum Gasteiger partial charge on any atom is -0.497 e. The van der Waals surface area contributed by atoms with Gasteiger partial charge >= 0.3 is 0 Å². The first-order valence-corrected chi connectivity index (χ1v) is 4.69. The van der Waals surface area contributed by atoms with E-state index in [4.69, 9.17) is 4.74 Å². The predicted octanol–water partition coefficient (Wildman–Crippen LogP) is 2.05. The quantitative estimate of drug-likeness (QED) is 0.627. The van der Waals surface area contributed by atoms with Gasteiger partial charge in [0.15, 0.2) is 5.78 Å². The van der Waals surface area contributed by atoms with Crippen molar-refractivity contribution in [2.24, 2.45) is 5.41 Å². The minimum atomic E-state index is -0.157. The van der Waals surface area contributed by atoms with E-state index in [2.05, 4.69) is 0 Å². The summed E-state index contributed by atoms with van der Waals surface area (Å²) in [5.41, 5.74) is -0.157. The van der Waals surface area contributed by atoms with E-state index < -0.39 is 0 Å². The normalized spacial score (nSPS) is 25.4. The number of rotatable bonds is 2. The van der Waals surface area contributed by atoms with Gasteiger partial charge in [-0.05, 0) is 19.8 Å². The van der Waals surface area contributed by atoms with Gasteiger partial charge in [0.05, 0.1) is 12.0 Å². The number of ketones is 1. The topological polar surface area (TPSA) is 26.3 Å². The molecule has 12 heavy (non-hydrogen) atoms. The maximum Gasteiger partial charge on any atom is 0.172 e. The van der Waals surface area contributed by atoms with Crippen LogP contribution in [-0.2, 0) is 9.53 Å². The second kappa shape index (κ2) is 2.61. The van der Waals surface area contributed by atoms with Crippen LogP contribution in [0.25, 0.3) is 0 Å². The zero-order valence-corrected chi connectivity index (χ0v) is 7.43. The highest BCUT2D eigenvalue weighted by Gasteiger charge is 2.51. The van der Waals surface area contributed by atoms with Crippen LogP contribution in [0, 0.1) is 5.41 Å². The molecule has 0 heterocycles. The Labute approximate surface area is 72.6 Å². The molecule has 0 unspecified atom stereocenters. The van der Waals surface area contributed by atoms with E-state index >= 15 is 0 Å². The lowest BCUT2D eigenvalue weighted by atomic mass is 9.71. The molecule has 0 aliphatic heterocycles. The van der Waals surface area contributed by atoms with E-state index in [0.717, 1.165) is 18.6 Å². The molecule has 0 bridgehead atoms. The van der Waals surface area contributed by atoms with E-state index in [1.54, 1.807) is 6.08 Å². The fraction of sp³-hybridized carbons (Fsp3) is 0.700. The molecule has 0 amide bonds. The molecule has 2 nitrogen and oxygen atoms in total. The molecule has 0 aromatic carbocycles. The van der Waals surface area contributed by atoms with Crippen LogP contribution in [0.2, 0.25) is 0 Å². The summed E-state index contributed by atoms with van der Waals surface area (Å²) < 4.78 is 5.43. The molecule has 0 saturated heterocycles. The van der Waals surface area contributed by atoms with Crippen molar-refractivity contribution >= 4 is 5.78 Å². The average Bonchev–Trinajstić information content (AvgIpc) is 2.55. The first-order valence-electron chi connectivity index (χ1n) is 4.69. The fourth-order valence-electron chi connectivity index (χ4n) is 2.25. The highest BCUT2D eigenvalue weighted by atomic mass is 16.5. The van der Waals surface area contributed by atoms with Crippen molar-refractivity contribution < 1.29 is 9.53 Å². The summed E-state index contributed by atoms with van der Waals surface area (Å²) in [4.78, 5) is 11.4. The van der Waals surface area contributed by atoms with Gasteiger partial charge < -0.3 is 4.74 Å². The number of carbonyl (C=O) groups is 1. The van der Waals surface area contributed by atoms with Gasteiger partial charge in [0.25, 0.3) is 0 Å². The molecule has 0 radical (unpaired) electrons. The predicted molar refractivity (Wildman–Crippen MR) is 45.6 cm³/mol. The third-order valence-electron chi connectivity index (χ3n) is 2.96. The van der Waals surface area contributed by atoms with Crippen LogP contribution in [-0.4, -0.2) is 12.4 Å². The van der Waals surface area contributed by atoms with Crippen LogP contribution < -0.4 is 0 Å². The number of allylic oxidation sites excluding steroid dienone is 2. The molecule has 66 valence electrons. The van der Waals surface area contributed by atoms with Crippen LogP contribution in [0.1, 0.15) is 32.6 Å². The molecule has 1 saturated carbocycles. The molecule has 2 aliphatic carbocycles. The molecular weight excluding hydrogens is 152 g/mol. The Balaban J connectivity index is 2.16. The standard InChI is InChI=1S/C10H14O2/c1-2-12-9-7-8(11)10(9)5-3-4-6-10/h7H,2-6H2,1H3. The van der Waals surface area contributed by atoms with Gasteiger partial charge in [-0.25, -0.2) is 0 Å². The van der Waals surface area contributed by atoms with Crippen LogP contribution in [0.5, 0.6) is 0 Å². The Morgan fingerprint density at radius 1 is 1.50 bits per heavy atom. The summed E-state index contributed by atoms with van der Waals surface area (Å²) in [6, 6.07) is 0. The second-order valence-corrected chi connectivity index (χ2v) is 3.60. The monoisotopic (exact) mass is 166 g/mol. The van der Waals surface area contributed by atoms with Gasteiger partial charge in [-0.15, -0.1) is 0 Å². The molecule has 0 atom stereocenters.